The Kier molecular flexibility index (Phi) is 13.0. The minimum atomic E-state index is 0.211. The van der Waals surface area contributed by atoms with Crippen molar-refractivity contribution in [3.8, 4) is 0 Å². The van der Waals surface area contributed by atoms with Gasteiger partial charge in [0.05, 0.1) is 0 Å². The molecule has 0 atom stereocenters. The summed E-state index contributed by atoms with van der Waals surface area (Å²) in [4.78, 5) is 0. The minimum Gasteiger partial charge on any atom is -0.0919 e. The first kappa shape index (κ1) is 40.2. The molecule has 0 heterocycles. The van der Waals surface area contributed by atoms with Crippen LogP contribution in [-0.4, -0.2) is 32.0 Å². The van der Waals surface area contributed by atoms with Crippen LogP contribution < -0.4 is 0 Å². The molecule has 0 fully saturated rings. The summed E-state index contributed by atoms with van der Waals surface area (Å²) in [5.74, 6) is 0.422. The maximum Gasteiger partial charge on any atom is 0.0349 e. The molecular weight excluding hydrogens is 1080 g/mol. The Morgan fingerprint density at radius 3 is 0.536 bits per heavy atom. The lowest BCUT2D eigenvalue weighted by Crippen LogP contribution is -2.27. The Hall–Kier alpha value is -2.58. The molecule has 9 aromatic rings. The van der Waals surface area contributed by atoms with Gasteiger partial charge in [-0.3, -0.25) is 0 Å². The van der Waals surface area contributed by atoms with Crippen LogP contribution in [0.15, 0.2) is 146 Å². The van der Waals surface area contributed by atoms with E-state index in [-0.39, 0.29) is 11.8 Å². The lowest BCUT2D eigenvalue weighted by molar-refractivity contribution is 0.761. The second kappa shape index (κ2) is 18.1. The molecule has 0 radical (unpaired) electrons. The fraction of sp³-hybridized carbons (Fsp3) is 0.160. The highest BCUT2D eigenvalue weighted by atomic mass is 79.9. The predicted octanol–water partition coefficient (Wildman–Crippen LogP) is 16.9. The molecule has 0 nitrogen and oxygen atoms in total. The average Bonchev–Trinajstić information content (AvgIpc) is 3.24. The molecule has 9 aromatic carbocycles. The molecule has 0 saturated carbocycles. The van der Waals surface area contributed by atoms with E-state index in [0.29, 0.717) is 0 Å². The molecule has 0 amide bonds. The van der Waals surface area contributed by atoms with Gasteiger partial charge < -0.3 is 0 Å². The fourth-order valence-corrected chi connectivity index (χ4v) is 8.59. The van der Waals surface area contributed by atoms with Crippen LogP contribution in [0.2, 0.25) is 0 Å². The molecule has 3 aliphatic carbocycles. The quantitative estimate of drug-likeness (QED) is 0.122. The lowest BCUT2D eigenvalue weighted by Gasteiger charge is -2.43. The van der Waals surface area contributed by atoms with Crippen molar-refractivity contribution in [2.24, 2.45) is 0 Å². The van der Waals surface area contributed by atoms with E-state index in [2.05, 4.69) is 241 Å². The average molecular weight is 1120 g/mol. The fourth-order valence-electron chi connectivity index (χ4n) is 8.59. The van der Waals surface area contributed by atoms with Crippen molar-refractivity contribution in [2.75, 3.05) is 32.0 Å². The van der Waals surface area contributed by atoms with E-state index >= 15 is 0 Å². The van der Waals surface area contributed by atoms with E-state index in [4.69, 9.17) is 0 Å². The van der Waals surface area contributed by atoms with Crippen molar-refractivity contribution in [1.29, 1.82) is 0 Å². The van der Waals surface area contributed by atoms with Gasteiger partial charge in [0.15, 0.2) is 0 Å². The summed E-state index contributed by atoms with van der Waals surface area (Å²) in [6, 6.07) is 55.6. The van der Waals surface area contributed by atoms with Gasteiger partial charge in [-0.1, -0.05) is 168 Å². The highest BCUT2D eigenvalue weighted by Gasteiger charge is 2.42. The third-order valence-electron chi connectivity index (χ3n) is 10.8. The first-order valence-electron chi connectivity index (χ1n) is 18.7. The molecule has 0 unspecified atom stereocenters. The van der Waals surface area contributed by atoms with E-state index in [1.54, 1.807) is 0 Å². The molecule has 56 heavy (non-hydrogen) atoms. The van der Waals surface area contributed by atoms with Gasteiger partial charge in [0.1, 0.15) is 0 Å². The van der Waals surface area contributed by atoms with E-state index in [1.807, 2.05) is 0 Å². The Morgan fingerprint density at radius 2 is 0.393 bits per heavy atom. The SMILES string of the molecule is BrCCBr.BrCCBr.BrCCBr.c1ccc2cc3cc4c(cc3cc2c1)C1c2cc3cc5ccccc5cc3cc2C4c2cc3cc4ccccc4cc3cc21. The summed E-state index contributed by atoms with van der Waals surface area (Å²) in [5.41, 5.74) is 8.82. The van der Waals surface area contributed by atoms with Crippen molar-refractivity contribution >= 4 is 160 Å². The van der Waals surface area contributed by atoms with Crippen LogP contribution in [0, 0.1) is 0 Å². The van der Waals surface area contributed by atoms with Crippen LogP contribution in [0.25, 0.3) is 64.6 Å². The summed E-state index contributed by atoms with van der Waals surface area (Å²) in [6.45, 7) is 0. The summed E-state index contributed by atoms with van der Waals surface area (Å²) in [6.07, 6.45) is 0. The molecule has 2 bridgehead atoms. The first-order chi connectivity index (χ1) is 27.5. The Morgan fingerprint density at radius 1 is 0.232 bits per heavy atom. The highest BCUT2D eigenvalue weighted by Crippen LogP contribution is 2.58. The number of halogens is 6. The Balaban J connectivity index is 0.000000327. The summed E-state index contributed by atoms with van der Waals surface area (Å²) >= 11 is 19.2. The van der Waals surface area contributed by atoms with Crippen molar-refractivity contribution in [2.45, 2.75) is 11.8 Å². The van der Waals surface area contributed by atoms with E-state index in [9.17, 15) is 0 Å². The van der Waals surface area contributed by atoms with Crippen molar-refractivity contribution in [1.82, 2.24) is 0 Å². The standard InChI is InChI=1S/C44H26.3C2H4Br2/c1-2-8-26-14-32-20-38-37(19-31(32)13-25(26)7-1)43-39-21-33-15-27-9-3-5-11-29(27)17-35(33)23-41(39)44(38)42-24-36-18-30-12-6-4-10-28(30)16-34(36)22-40(42)43;3*3-1-2-4/h1-24,43-44H;3*1-2H2. The van der Waals surface area contributed by atoms with Gasteiger partial charge in [0.2, 0.25) is 0 Å². The number of rotatable bonds is 3. The molecule has 12 rings (SSSR count). The van der Waals surface area contributed by atoms with Gasteiger partial charge in [-0.25, -0.2) is 0 Å². The number of alkyl halides is 6. The van der Waals surface area contributed by atoms with Gasteiger partial charge in [-0.2, -0.15) is 0 Å². The molecule has 6 heteroatoms. The zero-order chi connectivity index (χ0) is 38.8. The molecule has 3 aliphatic rings. The zero-order valence-electron chi connectivity index (χ0n) is 30.5. The maximum absolute atomic E-state index is 3.20. The van der Waals surface area contributed by atoms with E-state index < -0.39 is 0 Å². The van der Waals surface area contributed by atoms with E-state index in [1.165, 1.54) is 98.0 Å². The first-order valence-corrected chi connectivity index (χ1v) is 25.5. The monoisotopic (exact) mass is 1110 g/mol. The van der Waals surface area contributed by atoms with Gasteiger partial charge in [0, 0.05) is 43.8 Å². The number of fused-ring (bicyclic) bond motifs is 6. The van der Waals surface area contributed by atoms with Gasteiger partial charge in [0.25, 0.3) is 0 Å². The van der Waals surface area contributed by atoms with Gasteiger partial charge in [-0.15, -0.1) is 0 Å². The van der Waals surface area contributed by atoms with Gasteiger partial charge >= 0.3 is 0 Å². The Labute approximate surface area is 379 Å². The largest absolute Gasteiger partial charge is 0.0919 e. The smallest absolute Gasteiger partial charge is 0.0349 e. The van der Waals surface area contributed by atoms with Crippen molar-refractivity contribution in [3.63, 3.8) is 0 Å². The third kappa shape index (κ3) is 7.80. The normalized spacial score (nSPS) is 14.7. The minimum absolute atomic E-state index is 0.211. The van der Waals surface area contributed by atoms with Crippen LogP contribution in [0.3, 0.4) is 0 Å². The maximum atomic E-state index is 3.20. The van der Waals surface area contributed by atoms with Crippen LogP contribution >= 0.6 is 95.6 Å². The van der Waals surface area contributed by atoms with Gasteiger partial charge in [-0.05, 0) is 171 Å². The summed E-state index contributed by atoms with van der Waals surface area (Å²) in [5, 5.41) is 22.1. The van der Waals surface area contributed by atoms with Crippen molar-refractivity contribution < 1.29 is 0 Å². The summed E-state index contributed by atoms with van der Waals surface area (Å²) < 4.78 is 0. The second-order valence-corrected chi connectivity index (χ2v) is 18.8. The van der Waals surface area contributed by atoms with Crippen LogP contribution in [-0.2, 0) is 0 Å². The third-order valence-corrected chi connectivity index (χ3v) is 16.4. The molecule has 0 N–H and O–H groups in total. The van der Waals surface area contributed by atoms with E-state index in [0.717, 1.165) is 32.0 Å². The highest BCUT2D eigenvalue weighted by molar-refractivity contribution is 9.12. The lowest BCUT2D eigenvalue weighted by atomic mass is 9.60. The van der Waals surface area contributed by atoms with Crippen LogP contribution in [0.4, 0.5) is 0 Å². The molecule has 0 spiro atoms. The molecule has 0 aromatic heterocycles. The number of benzene rings is 9. The van der Waals surface area contributed by atoms with Crippen molar-refractivity contribution in [3.05, 3.63) is 179 Å². The summed E-state index contributed by atoms with van der Waals surface area (Å²) in [7, 11) is 0. The molecule has 0 saturated heterocycles. The Bertz CT molecular complexity index is 2360. The van der Waals surface area contributed by atoms with Crippen LogP contribution in [0.5, 0.6) is 0 Å². The molecule has 0 aliphatic heterocycles. The zero-order valence-corrected chi connectivity index (χ0v) is 40.0. The number of hydrogen-bond acceptors (Lipinski definition) is 0. The molecule has 280 valence electrons. The number of hydrogen-bond donors (Lipinski definition) is 0. The molecular formula is C50H38Br6. The predicted molar refractivity (Wildman–Crippen MR) is 269 cm³/mol. The second-order valence-electron chi connectivity index (χ2n) is 14.1. The van der Waals surface area contributed by atoms with Crippen LogP contribution in [0.1, 0.15) is 45.2 Å². The topological polar surface area (TPSA) is 0 Å².